The van der Waals surface area contributed by atoms with E-state index in [9.17, 15) is 4.79 Å². The largest absolute Gasteiger partial charge is 0.388 e. The molecule has 4 rings (SSSR count). The Kier molecular flexibility index (Phi) is 6.08. The zero-order chi connectivity index (χ0) is 22.8. The number of aromatic amines is 1. The predicted octanol–water partition coefficient (Wildman–Crippen LogP) is 2.64. The van der Waals surface area contributed by atoms with E-state index in [1.165, 1.54) is 6.20 Å². The lowest BCUT2D eigenvalue weighted by Gasteiger charge is -2.37. The maximum atomic E-state index is 12.9. The number of likely N-dealkylation sites (tertiary alicyclic amines) is 1. The number of rotatable bonds is 7. The standard InChI is InChI=1S/C22H23ClN8O/c1-12(9-31-10-13(6-24)11-31)29-22(32)16-7-27-21-20(16)30-18(8-28-21)19(25)15-4-3-14(23)5-17(15)26-2/h3-5,7-8,12-13,25-26H,9-11H2,1-2H3,(H,27,28)(H,29,32). The molecule has 164 valence electrons. The van der Waals surface area contributed by atoms with Gasteiger partial charge < -0.3 is 15.6 Å². The number of amides is 1. The summed E-state index contributed by atoms with van der Waals surface area (Å²) < 4.78 is 0. The summed E-state index contributed by atoms with van der Waals surface area (Å²) in [6, 6.07) is 7.37. The van der Waals surface area contributed by atoms with Gasteiger partial charge in [0.25, 0.3) is 5.91 Å². The summed E-state index contributed by atoms with van der Waals surface area (Å²) in [5, 5.41) is 24.1. The molecule has 1 aromatic carbocycles. The highest BCUT2D eigenvalue weighted by Gasteiger charge is 2.28. The van der Waals surface area contributed by atoms with E-state index in [-0.39, 0.29) is 23.6 Å². The van der Waals surface area contributed by atoms with Crippen molar-refractivity contribution in [3.63, 3.8) is 0 Å². The Morgan fingerprint density at radius 3 is 2.94 bits per heavy atom. The molecular weight excluding hydrogens is 428 g/mol. The minimum Gasteiger partial charge on any atom is -0.388 e. The summed E-state index contributed by atoms with van der Waals surface area (Å²) in [4.78, 5) is 26.9. The van der Waals surface area contributed by atoms with Gasteiger partial charge in [0.05, 0.1) is 29.5 Å². The molecule has 1 atom stereocenters. The maximum absolute atomic E-state index is 12.9. The third kappa shape index (κ3) is 4.28. The average molecular weight is 451 g/mol. The molecule has 0 saturated carbocycles. The van der Waals surface area contributed by atoms with E-state index in [0.717, 1.165) is 13.1 Å². The van der Waals surface area contributed by atoms with E-state index in [1.54, 1.807) is 31.4 Å². The lowest BCUT2D eigenvalue weighted by atomic mass is 10.0. The van der Waals surface area contributed by atoms with Crippen LogP contribution in [0.3, 0.4) is 0 Å². The summed E-state index contributed by atoms with van der Waals surface area (Å²) in [7, 11) is 1.76. The van der Waals surface area contributed by atoms with Crippen LogP contribution < -0.4 is 10.6 Å². The molecule has 1 unspecified atom stereocenters. The molecule has 0 bridgehead atoms. The smallest absolute Gasteiger partial charge is 0.255 e. The summed E-state index contributed by atoms with van der Waals surface area (Å²) >= 11 is 6.06. The van der Waals surface area contributed by atoms with Gasteiger partial charge in [-0.05, 0) is 25.1 Å². The first-order chi connectivity index (χ1) is 15.4. The minimum atomic E-state index is -0.263. The third-order valence-corrected chi connectivity index (χ3v) is 5.69. The van der Waals surface area contributed by atoms with E-state index in [1.807, 2.05) is 6.92 Å². The van der Waals surface area contributed by atoms with E-state index in [0.29, 0.717) is 45.2 Å². The second-order valence-corrected chi connectivity index (χ2v) is 8.33. The molecule has 1 saturated heterocycles. The number of benzene rings is 1. The quantitative estimate of drug-likeness (QED) is 0.409. The third-order valence-electron chi connectivity index (χ3n) is 5.45. The van der Waals surface area contributed by atoms with Crippen molar-refractivity contribution in [1.82, 2.24) is 25.2 Å². The molecule has 10 heteroatoms. The van der Waals surface area contributed by atoms with Gasteiger partial charge in [0.2, 0.25) is 0 Å². The number of anilines is 1. The Labute approximate surface area is 190 Å². The number of nitriles is 1. The molecule has 1 amide bonds. The zero-order valence-electron chi connectivity index (χ0n) is 17.7. The molecule has 3 aromatic rings. The second kappa shape index (κ2) is 8.94. The van der Waals surface area contributed by atoms with Crippen molar-refractivity contribution in [2.24, 2.45) is 5.92 Å². The summed E-state index contributed by atoms with van der Waals surface area (Å²) in [6.45, 7) is 4.08. The number of fused-ring (bicyclic) bond motifs is 1. The van der Waals surface area contributed by atoms with Gasteiger partial charge in [-0.2, -0.15) is 5.26 Å². The highest BCUT2D eigenvalue weighted by Crippen LogP contribution is 2.24. The minimum absolute atomic E-state index is 0.0830. The van der Waals surface area contributed by atoms with Crippen molar-refractivity contribution < 1.29 is 4.79 Å². The van der Waals surface area contributed by atoms with Gasteiger partial charge in [0.1, 0.15) is 11.2 Å². The van der Waals surface area contributed by atoms with Crippen molar-refractivity contribution in [3.05, 3.63) is 52.4 Å². The molecular formula is C22H23ClN8O. The van der Waals surface area contributed by atoms with Crippen molar-refractivity contribution in [2.75, 3.05) is 32.0 Å². The summed E-state index contributed by atoms with van der Waals surface area (Å²) in [5.74, 6) is -0.180. The van der Waals surface area contributed by atoms with E-state index < -0.39 is 0 Å². The molecule has 9 nitrogen and oxygen atoms in total. The molecule has 0 radical (unpaired) electrons. The first kappa shape index (κ1) is 21.7. The Balaban J connectivity index is 1.53. The van der Waals surface area contributed by atoms with Gasteiger partial charge in [0.15, 0.2) is 5.65 Å². The number of hydrogen-bond acceptors (Lipinski definition) is 7. The molecule has 0 aliphatic carbocycles. The molecule has 0 spiro atoms. The van der Waals surface area contributed by atoms with Crippen LogP contribution in [-0.4, -0.2) is 64.2 Å². The van der Waals surface area contributed by atoms with Gasteiger partial charge in [-0.15, -0.1) is 0 Å². The Morgan fingerprint density at radius 2 is 2.22 bits per heavy atom. The van der Waals surface area contributed by atoms with Crippen molar-refractivity contribution in [3.8, 4) is 6.07 Å². The van der Waals surface area contributed by atoms with Crippen LogP contribution in [0.5, 0.6) is 0 Å². The highest BCUT2D eigenvalue weighted by atomic mass is 35.5. The number of H-pyrrole nitrogens is 1. The van der Waals surface area contributed by atoms with Gasteiger partial charge in [-0.1, -0.05) is 11.6 Å². The van der Waals surface area contributed by atoms with E-state index >= 15 is 0 Å². The number of halogens is 1. The first-order valence-corrected chi connectivity index (χ1v) is 10.6. The molecule has 4 N–H and O–H groups in total. The van der Waals surface area contributed by atoms with Crippen molar-refractivity contribution >= 4 is 40.1 Å². The molecule has 3 heterocycles. The summed E-state index contributed by atoms with van der Waals surface area (Å²) in [6.07, 6.45) is 3.09. The van der Waals surface area contributed by atoms with Crippen LogP contribution in [0.2, 0.25) is 5.02 Å². The van der Waals surface area contributed by atoms with Gasteiger partial charge in [0, 0.05) is 55.2 Å². The maximum Gasteiger partial charge on any atom is 0.255 e. The molecule has 2 aromatic heterocycles. The first-order valence-electron chi connectivity index (χ1n) is 10.2. The average Bonchev–Trinajstić information content (AvgIpc) is 3.18. The monoisotopic (exact) mass is 450 g/mol. The number of aromatic nitrogens is 3. The fourth-order valence-corrected chi connectivity index (χ4v) is 3.97. The molecule has 1 aliphatic rings. The SMILES string of the molecule is CNc1cc(Cl)ccc1C(=N)c1cnc2[nH]cc(C(=O)NC(C)CN3CC(C#N)C3)c2n1. The predicted molar refractivity (Wildman–Crippen MR) is 123 cm³/mol. The van der Waals surface area contributed by atoms with Gasteiger partial charge in [-0.3, -0.25) is 15.1 Å². The molecule has 1 aliphatic heterocycles. The lowest BCUT2D eigenvalue weighted by molar-refractivity contribution is 0.0890. The van der Waals surface area contributed by atoms with Crippen LogP contribution in [0.1, 0.15) is 28.5 Å². The number of carbonyl (C=O) groups excluding carboxylic acids is 1. The highest BCUT2D eigenvalue weighted by molar-refractivity contribution is 6.31. The van der Waals surface area contributed by atoms with Gasteiger partial charge >= 0.3 is 0 Å². The fourth-order valence-electron chi connectivity index (χ4n) is 3.80. The van der Waals surface area contributed by atoms with Crippen molar-refractivity contribution in [1.29, 1.82) is 10.7 Å². The van der Waals surface area contributed by atoms with Crippen LogP contribution >= 0.6 is 11.6 Å². The van der Waals surface area contributed by atoms with Crippen LogP contribution in [0.25, 0.3) is 11.2 Å². The van der Waals surface area contributed by atoms with Crippen LogP contribution in [-0.2, 0) is 0 Å². The van der Waals surface area contributed by atoms with Gasteiger partial charge in [-0.25, -0.2) is 9.97 Å². The van der Waals surface area contributed by atoms with Crippen LogP contribution in [0.15, 0.2) is 30.6 Å². The Hall–Kier alpha value is -3.48. The number of nitrogens with zero attached hydrogens (tertiary/aromatic N) is 4. The molecule has 1 fully saturated rings. The number of nitrogens with one attached hydrogen (secondary N) is 4. The normalized spacial score (nSPS) is 15.1. The number of hydrogen-bond donors (Lipinski definition) is 4. The Bertz CT molecular complexity index is 1220. The fraction of sp³-hybridized carbons (Fsp3) is 0.318. The second-order valence-electron chi connectivity index (χ2n) is 7.89. The van der Waals surface area contributed by atoms with Crippen LogP contribution in [0, 0.1) is 22.7 Å². The van der Waals surface area contributed by atoms with Crippen molar-refractivity contribution in [2.45, 2.75) is 13.0 Å². The molecule has 32 heavy (non-hydrogen) atoms. The summed E-state index contributed by atoms with van der Waals surface area (Å²) in [5.41, 5.74) is 3.11. The Morgan fingerprint density at radius 1 is 1.44 bits per heavy atom. The van der Waals surface area contributed by atoms with E-state index in [4.69, 9.17) is 22.3 Å². The number of carbonyl (C=O) groups is 1. The van der Waals surface area contributed by atoms with Crippen LogP contribution in [0.4, 0.5) is 5.69 Å². The lowest BCUT2D eigenvalue weighted by Crippen LogP contribution is -2.51. The zero-order valence-corrected chi connectivity index (χ0v) is 18.5. The topological polar surface area (TPSA) is 134 Å². The van der Waals surface area contributed by atoms with E-state index in [2.05, 4.69) is 36.6 Å².